The highest BCUT2D eigenvalue weighted by Crippen LogP contribution is 2.23. The third-order valence-electron chi connectivity index (χ3n) is 4.19. The van der Waals surface area contributed by atoms with E-state index < -0.39 is 9.84 Å². The van der Waals surface area contributed by atoms with Gasteiger partial charge in [-0.25, -0.2) is 8.42 Å². The van der Waals surface area contributed by atoms with Crippen LogP contribution in [0.25, 0.3) is 0 Å². The first-order valence-corrected chi connectivity index (χ1v) is 8.38. The summed E-state index contributed by atoms with van der Waals surface area (Å²) < 4.78 is 23.0. The van der Waals surface area contributed by atoms with Crippen molar-refractivity contribution >= 4 is 9.84 Å². The second-order valence-corrected chi connectivity index (χ2v) is 8.10. The molecule has 2 atom stereocenters. The molecule has 2 aliphatic rings. The normalized spacial score (nSPS) is 38.4. The molecule has 0 aromatic heterocycles. The molecule has 0 amide bonds. The van der Waals surface area contributed by atoms with E-state index in [4.69, 9.17) is 0 Å². The largest absolute Gasteiger partial charge is 0.309 e. The van der Waals surface area contributed by atoms with E-state index in [0.717, 1.165) is 13.0 Å². The lowest BCUT2D eigenvalue weighted by atomic mass is 9.99. The molecule has 2 fully saturated rings. The van der Waals surface area contributed by atoms with E-state index in [0.29, 0.717) is 17.5 Å². The van der Waals surface area contributed by atoms with E-state index in [2.05, 4.69) is 17.3 Å². The van der Waals surface area contributed by atoms with E-state index in [1.807, 2.05) is 6.92 Å². The fraction of sp³-hybridized carbons (Fsp3) is 1.00. The van der Waals surface area contributed by atoms with Gasteiger partial charge < -0.3 is 10.2 Å². The van der Waals surface area contributed by atoms with Gasteiger partial charge in [0.15, 0.2) is 9.84 Å². The Hall–Kier alpha value is -0.130. The number of piperidine rings is 1. The predicted molar refractivity (Wildman–Crippen MR) is 69.9 cm³/mol. The predicted octanol–water partition coefficient (Wildman–Crippen LogP) is 0.638. The maximum Gasteiger partial charge on any atom is 0.152 e. The summed E-state index contributed by atoms with van der Waals surface area (Å²) in [5.41, 5.74) is -0.197. The number of nitrogens with zero attached hydrogens (tertiary/aromatic N) is 1. The summed E-state index contributed by atoms with van der Waals surface area (Å²) in [7, 11) is -0.631. The second kappa shape index (κ2) is 4.86. The summed E-state index contributed by atoms with van der Waals surface area (Å²) in [5.74, 6) is 0.646. The Balaban J connectivity index is 1.85. The zero-order valence-corrected chi connectivity index (χ0v) is 11.7. The van der Waals surface area contributed by atoms with Crippen LogP contribution in [0, 0.1) is 0 Å². The van der Waals surface area contributed by atoms with E-state index in [1.54, 1.807) is 0 Å². The molecule has 0 bridgehead atoms. The van der Waals surface area contributed by atoms with Crippen molar-refractivity contribution in [3.63, 3.8) is 0 Å². The number of hydrogen-bond acceptors (Lipinski definition) is 4. The molecule has 100 valence electrons. The van der Waals surface area contributed by atoms with Crippen LogP contribution in [-0.4, -0.2) is 56.5 Å². The molecule has 17 heavy (non-hydrogen) atoms. The molecular weight excluding hydrogens is 236 g/mol. The Morgan fingerprint density at radius 2 is 2.18 bits per heavy atom. The molecule has 0 saturated carbocycles. The van der Waals surface area contributed by atoms with Gasteiger partial charge in [-0.1, -0.05) is 6.42 Å². The van der Waals surface area contributed by atoms with Crippen LogP contribution >= 0.6 is 0 Å². The van der Waals surface area contributed by atoms with Crippen LogP contribution in [0.4, 0.5) is 0 Å². The van der Waals surface area contributed by atoms with Gasteiger partial charge in [-0.15, -0.1) is 0 Å². The topological polar surface area (TPSA) is 49.4 Å². The van der Waals surface area contributed by atoms with Crippen LogP contribution in [0.1, 0.15) is 32.6 Å². The number of rotatable bonds is 3. The van der Waals surface area contributed by atoms with Gasteiger partial charge >= 0.3 is 0 Å². The van der Waals surface area contributed by atoms with Crippen LogP contribution in [0.2, 0.25) is 0 Å². The zero-order chi connectivity index (χ0) is 12.5. The molecule has 0 aromatic rings. The monoisotopic (exact) mass is 260 g/mol. The van der Waals surface area contributed by atoms with Gasteiger partial charge in [0, 0.05) is 18.1 Å². The molecular formula is C12H24N2O2S. The summed E-state index contributed by atoms with van der Waals surface area (Å²) in [6, 6.07) is 0.573. The highest BCUT2D eigenvalue weighted by atomic mass is 32.2. The Kier molecular flexibility index (Phi) is 3.80. The summed E-state index contributed by atoms with van der Waals surface area (Å²) in [5, 5.41) is 3.49. The van der Waals surface area contributed by atoms with Crippen molar-refractivity contribution in [2.45, 2.75) is 44.2 Å². The minimum absolute atomic E-state index is 0.197. The van der Waals surface area contributed by atoms with Crippen molar-refractivity contribution in [3.05, 3.63) is 0 Å². The summed E-state index contributed by atoms with van der Waals surface area (Å²) in [6.07, 6.45) is 4.57. The average Bonchev–Trinajstić information content (AvgIpc) is 2.53. The first-order valence-electron chi connectivity index (χ1n) is 6.56. The van der Waals surface area contributed by atoms with Crippen molar-refractivity contribution in [1.29, 1.82) is 0 Å². The lowest BCUT2D eigenvalue weighted by Gasteiger charge is -2.35. The highest BCUT2D eigenvalue weighted by Gasteiger charge is 2.38. The van der Waals surface area contributed by atoms with Gasteiger partial charge in [-0.2, -0.15) is 0 Å². The molecule has 2 rings (SSSR count). The summed E-state index contributed by atoms with van der Waals surface area (Å²) in [6.45, 7) is 4.13. The van der Waals surface area contributed by atoms with Crippen LogP contribution in [0.15, 0.2) is 0 Å². The van der Waals surface area contributed by atoms with Gasteiger partial charge in [0.1, 0.15) is 0 Å². The SMILES string of the molecule is CN1CCCCC1CNC1(C)CCS(=O)(=O)C1. The molecule has 0 aliphatic carbocycles. The third kappa shape index (κ3) is 3.42. The molecule has 5 heteroatoms. The van der Waals surface area contributed by atoms with Gasteiger partial charge in [0.05, 0.1) is 11.5 Å². The highest BCUT2D eigenvalue weighted by molar-refractivity contribution is 7.91. The molecule has 4 nitrogen and oxygen atoms in total. The standard InChI is InChI=1S/C12H24N2O2S/c1-12(6-8-17(15,16)10-12)13-9-11-5-3-4-7-14(11)2/h11,13H,3-10H2,1-2H3. The fourth-order valence-corrected chi connectivity index (χ4v) is 5.04. The number of sulfone groups is 1. The molecule has 0 spiro atoms. The van der Waals surface area contributed by atoms with Crippen LogP contribution in [0.3, 0.4) is 0 Å². The number of likely N-dealkylation sites (N-methyl/N-ethyl adjacent to an activating group) is 1. The maximum atomic E-state index is 11.5. The Morgan fingerprint density at radius 1 is 1.41 bits per heavy atom. The Labute approximate surface area is 105 Å². The van der Waals surface area contributed by atoms with Crippen LogP contribution < -0.4 is 5.32 Å². The van der Waals surface area contributed by atoms with Crippen molar-refractivity contribution in [2.75, 3.05) is 31.6 Å². The van der Waals surface area contributed by atoms with Crippen molar-refractivity contribution in [2.24, 2.45) is 0 Å². The smallest absolute Gasteiger partial charge is 0.152 e. The average molecular weight is 260 g/mol. The Bertz CT molecular complexity index is 369. The fourth-order valence-electron chi connectivity index (χ4n) is 2.92. The lowest BCUT2D eigenvalue weighted by Crippen LogP contribution is -2.51. The number of hydrogen-bond donors (Lipinski definition) is 1. The quantitative estimate of drug-likeness (QED) is 0.809. The molecule has 2 aliphatic heterocycles. The van der Waals surface area contributed by atoms with Gasteiger partial charge in [0.2, 0.25) is 0 Å². The Morgan fingerprint density at radius 3 is 2.76 bits per heavy atom. The first-order chi connectivity index (χ1) is 7.90. The number of likely N-dealkylation sites (tertiary alicyclic amines) is 1. The minimum Gasteiger partial charge on any atom is -0.309 e. The van der Waals surface area contributed by atoms with Gasteiger partial charge in [-0.3, -0.25) is 0 Å². The van der Waals surface area contributed by atoms with E-state index >= 15 is 0 Å². The lowest BCUT2D eigenvalue weighted by molar-refractivity contribution is 0.171. The third-order valence-corrected chi connectivity index (χ3v) is 6.09. The minimum atomic E-state index is -2.80. The maximum absolute atomic E-state index is 11.5. The van der Waals surface area contributed by atoms with Gasteiger partial charge in [-0.05, 0) is 39.8 Å². The second-order valence-electron chi connectivity index (χ2n) is 5.91. The number of nitrogens with one attached hydrogen (secondary N) is 1. The molecule has 2 heterocycles. The van der Waals surface area contributed by atoms with Crippen LogP contribution in [0.5, 0.6) is 0 Å². The van der Waals surface area contributed by atoms with Crippen LogP contribution in [-0.2, 0) is 9.84 Å². The van der Waals surface area contributed by atoms with E-state index in [9.17, 15) is 8.42 Å². The molecule has 2 saturated heterocycles. The summed E-state index contributed by atoms with van der Waals surface area (Å²) >= 11 is 0. The molecule has 0 aromatic carbocycles. The van der Waals surface area contributed by atoms with Crippen molar-refractivity contribution in [3.8, 4) is 0 Å². The molecule has 1 N–H and O–H groups in total. The van der Waals surface area contributed by atoms with E-state index in [-0.39, 0.29) is 5.54 Å². The summed E-state index contributed by atoms with van der Waals surface area (Å²) in [4.78, 5) is 2.39. The first kappa shape index (κ1) is 13.3. The molecule has 2 unspecified atom stereocenters. The van der Waals surface area contributed by atoms with E-state index in [1.165, 1.54) is 25.8 Å². The van der Waals surface area contributed by atoms with Gasteiger partial charge in [0.25, 0.3) is 0 Å². The zero-order valence-electron chi connectivity index (χ0n) is 10.9. The van der Waals surface area contributed by atoms with Crippen molar-refractivity contribution < 1.29 is 8.42 Å². The molecule has 0 radical (unpaired) electrons. The van der Waals surface area contributed by atoms with Crippen molar-refractivity contribution in [1.82, 2.24) is 10.2 Å².